The topological polar surface area (TPSA) is 44.9 Å². The molecule has 1 aromatic heterocycles. The van der Waals surface area contributed by atoms with Crippen molar-refractivity contribution in [2.45, 2.75) is 53.0 Å². The molecule has 3 rings (SSSR count). The van der Waals surface area contributed by atoms with E-state index < -0.39 is 0 Å². The average Bonchev–Trinajstić information content (AvgIpc) is 3.04. The minimum atomic E-state index is 0.0288. The van der Waals surface area contributed by atoms with Gasteiger partial charge in [0.15, 0.2) is 0 Å². The summed E-state index contributed by atoms with van der Waals surface area (Å²) in [5.74, 6) is 0.550. The molecule has 27 heavy (non-hydrogen) atoms. The zero-order valence-corrected chi connectivity index (χ0v) is 17.0. The summed E-state index contributed by atoms with van der Waals surface area (Å²) in [7, 11) is 0. The van der Waals surface area contributed by atoms with Gasteiger partial charge in [0.2, 0.25) is 5.91 Å². The molecule has 3 aromatic rings. The molecule has 142 valence electrons. The highest BCUT2D eigenvalue weighted by molar-refractivity contribution is 5.86. The lowest BCUT2D eigenvalue weighted by molar-refractivity contribution is -0.122. The van der Waals surface area contributed by atoms with E-state index in [1.54, 1.807) is 0 Å². The molecule has 3 nitrogen and oxygen atoms in total. The molecule has 0 aliphatic carbocycles. The maximum Gasteiger partial charge on any atom is 0.221 e. The van der Waals surface area contributed by atoms with Crippen LogP contribution in [0.2, 0.25) is 0 Å². The Labute approximate surface area is 162 Å². The van der Waals surface area contributed by atoms with Crippen molar-refractivity contribution in [2.75, 3.05) is 0 Å². The van der Waals surface area contributed by atoms with Crippen LogP contribution in [0.15, 0.2) is 48.7 Å². The van der Waals surface area contributed by atoms with E-state index in [1.165, 1.54) is 27.6 Å². The monoisotopic (exact) mass is 362 g/mol. The quantitative estimate of drug-likeness (QED) is 0.600. The fraction of sp³-hybridized carbons (Fsp3) is 0.375. The summed E-state index contributed by atoms with van der Waals surface area (Å²) in [6.45, 7) is 10.6. The summed E-state index contributed by atoms with van der Waals surface area (Å²) in [5.41, 5.74) is 5.99. The molecule has 0 bridgehead atoms. The largest absolute Gasteiger partial charge is 0.361 e. The van der Waals surface area contributed by atoms with Gasteiger partial charge in [0.25, 0.3) is 0 Å². The van der Waals surface area contributed by atoms with Crippen LogP contribution in [0, 0.1) is 19.8 Å². The van der Waals surface area contributed by atoms with E-state index in [0.29, 0.717) is 12.3 Å². The van der Waals surface area contributed by atoms with E-state index >= 15 is 0 Å². The first-order valence-electron chi connectivity index (χ1n) is 9.79. The fourth-order valence-corrected chi connectivity index (χ4v) is 3.65. The van der Waals surface area contributed by atoms with Gasteiger partial charge in [-0.1, -0.05) is 55.8 Å². The van der Waals surface area contributed by atoms with Crippen molar-refractivity contribution in [3.63, 3.8) is 0 Å². The zero-order valence-electron chi connectivity index (χ0n) is 17.0. The Balaban J connectivity index is 2.00. The standard InChI is InChI=1S/C24H30N2O/c1-15(2)18(5)26-24(27)13-21(19-11-10-16(3)12-17(19)4)22-14-25-23-9-7-6-8-20(22)23/h6-12,14-15,18,21,25H,13H2,1-5H3,(H,26,27)/t18-,21+/m0/s1. The Kier molecular flexibility index (Phi) is 5.69. The molecule has 0 spiro atoms. The summed E-state index contributed by atoms with van der Waals surface area (Å²) in [4.78, 5) is 16.2. The summed E-state index contributed by atoms with van der Waals surface area (Å²) in [6, 6.07) is 15.0. The molecule has 3 heteroatoms. The first-order chi connectivity index (χ1) is 12.9. The van der Waals surface area contributed by atoms with Crippen LogP contribution in [0.4, 0.5) is 0 Å². The lowest BCUT2D eigenvalue weighted by Gasteiger charge is -2.22. The van der Waals surface area contributed by atoms with Gasteiger partial charge in [0.05, 0.1) is 0 Å². The molecule has 1 amide bonds. The second-order valence-corrected chi connectivity index (χ2v) is 8.01. The molecule has 2 aromatic carbocycles. The highest BCUT2D eigenvalue weighted by Gasteiger charge is 2.23. The SMILES string of the molecule is Cc1ccc([C@@H](CC(=O)N[C@@H](C)C(C)C)c2c[nH]c3ccccc23)c(C)c1. The number of H-pyrrole nitrogens is 1. The maximum atomic E-state index is 12.8. The molecular formula is C24H30N2O. The lowest BCUT2D eigenvalue weighted by Crippen LogP contribution is -2.36. The number of aromatic nitrogens is 1. The highest BCUT2D eigenvalue weighted by atomic mass is 16.1. The molecule has 2 N–H and O–H groups in total. The predicted octanol–water partition coefficient (Wildman–Crippen LogP) is 5.47. The molecule has 0 unspecified atom stereocenters. The van der Waals surface area contributed by atoms with Gasteiger partial charge in [0, 0.05) is 35.5 Å². The molecule has 1 heterocycles. The summed E-state index contributed by atoms with van der Waals surface area (Å²) >= 11 is 0. The number of carbonyl (C=O) groups is 1. The van der Waals surface area contributed by atoms with Gasteiger partial charge in [-0.15, -0.1) is 0 Å². The molecule has 0 aliphatic rings. The van der Waals surface area contributed by atoms with Gasteiger partial charge < -0.3 is 10.3 Å². The van der Waals surface area contributed by atoms with E-state index in [1.807, 2.05) is 6.07 Å². The Hall–Kier alpha value is -2.55. The number of nitrogens with one attached hydrogen (secondary N) is 2. The smallest absolute Gasteiger partial charge is 0.221 e. The molecule has 0 radical (unpaired) electrons. The van der Waals surface area contributed by atoms with E-state index in [2.05, 4.69) is 87.5 Å². The van der Waals surface area contributed by atoms with E-state index in [-0.39, 0.29) is 17.9 Å². The van der Waals surface area contributed by atoms with E-state index in [0.717, 1.165) is 5.52 Å². The van der Waals surface area contributed by atoms with Crippen LogP contribution >= 0.6 is 0 Å². The third kappa shape index (κ3) is 4.24. The van der Waals surface area contributed by atoms with Crippen LogP contribution in [0.1, 0.15) is 55.4 Å². The second kappa shape index (κ2) is 7.99. The zero-order chi connectivity index (χ0) is 19.6. The number of para-hydroxylation sites is 1. The molecule has 0 saturated carbocycles. The van der Waals surface area contributed by atoms with Crippen LogP contribution < -0.4 is 5.32 Å². The highest BCUT2D eigenvalue weighted by Crippen LogP contribution is 2.35. The molecule has 2 atom stereocenters. The third-order valence-electron chi connectivity index (χ3n) is 5.58. The summed E-state index contributed by atoms with van der Waals surface area (Å²) in [5, 5.41) is 4.36. The van der Waals surface area contributed by atoms with Gasteiger partial charge in [-0.05, 0) is 49.4 Å². The van der Waals surface area contributed by atoms with E-state index in [4.69, 9.17) is 0 Å². The second-order valence-electron chi connectivity index (χ2n) is 8.01. The Morgan fingerprint density at radius 1 is 1.04 bits per heavy atom. The number of hydrogen-bond acceptors (Lipinski definition) is 1. The molecular weight excluding hydrogens is 332 g/mol. The average molecular weight is 363 g/mol. The van der Waals surface area contributed by atoms with Crippen molar-refractivity contribution in [3.05, 3.63) is 70.9 Å². The van der Waals surface area contributed by atoms with Crippen LogP contribution in [0.3, 0.4) is 0 Å². The number of fused-ring (bicyclic) bond motifs is 1. The van der Waals surface area contributed by atoms with Crippen molar-refractivity contribution in [1.29, 1.82) is 0 Å². The van der Waals surface area contributed by atoms with Crippen molar-refractivity contribution >= 4 is 16.8 Å². The Morgan fingerprint density at radius 2 is 1.78 bits per heavy atom. The van der Waals surface area contributed by atoms with Crippen molar-refractivity contribution in [1.82, 2.24) is 10.3 Å². The number of aryl methyl sites for hydroxylation is 2. The van der Waals surface area contributed by atoms with E-state index in [9.17, 15) is 4.79 Å². The van der Waals surface area contributed by atoms with Crippen LogP contribution in [-0.2, 0) is 4.79 Å². The number of carbonyl (C=O) groups excluding carboxylic acids is 1. The number of rotatable bonds is 6. The molecule has 0 saturated heterocycles. The molecule has 0 fully saturated rings. The van der Waals surface area contributed by atoms with Gasteiger partial charge in [-0.2, -0.15) is 0 Å². The van der Waals surface area contributed by atoms with Crippen LogP contribution in [-0.4, -0.2) is 16.9 Å². The minimum absolute atomic E-state index is 0.0288. The molecule has 0 aliphatic heterocycles. The summed E-state index contributed by atoms with van der Waals surface area (Å²) < 4.78 is 0. The van der Waals surface area contributed by atoms with Gasteiger partial charge in [-0.3, -0.25) is 4.79 Å². The summed E-state index contributed by atoms with van der Waals surface area (Å²) in [6.07, 6.45) is 2.51. The van der Waals surface area contributed by atoms with Crippen molar-refractivity contribution in [2.24, 2.45) is 5.92 Å². The number of aromatic amines is 1. The van der Waals surface area contributed by atoms with Crippen molar-refractivity contribution < 1.29 is 4.79 Å². The Morgan fingerprint density at radius 3 is 2.48 bits per heavy atom. The minimum Gasteiger partial charge on any atom is -0.361 e. The van der Waals surface area contributed by atoms with Crippen LogP contribution in [0.25, 0.3) is 10.9 Å². The van der Waals surface area contributed by atoms with Gasteiger partial charge >= 0.3 is 0 Å². The lowest BCUT2D eigenvalue weighted by atomic mass is 9.85. The van der Waals surface area contributed by atoms with Gasteiger partial charge in [-0.25, -0.2) is 0 Å². The number of hydrogen-bond donors (Lipinski definition) is 2. The van der Waals surface area contributed by atoms with Crippen molar-refractivity contribution in [3.8, 4) is 0 Å². The van der Waals surface area contributed by atoms with Crippen LogP contribution in [0.5, 0.6) is 0 Å². The van der Waals surface area contributed by atoms with Gasteiger partial charge in [0.1, 0.15) is 0 Å². The third-order valence-corrected chi connectivity index (χ3v) is 5.58. The predicted molar refractivity (Wildman–Crippen MR) is 113 cm³/mol. The number of amides is 1. The normalized spacial score (nSPS) is 13.7. The Bertz CT molecular complexity index is 938. The first-order valence-corrected chi connectivity index (χ1v) is 9.79. The maximum absolute atomic E-state index is 12.8. The number of benzene rings is 2. The first kappa shape index (κ1) is 19.2. The fourth-order valence-electron chi connectivity index (χ4n) is 3.65.